The largest absolute Gasteiger partial charge is 0.344 e. The minimum atomic E-state index is -0.314. The van der Waals surface area contributed by atoms with Crippen molar-refractivity contribution in [3.63, 3.8) is 0 Å². The highest BCUT2D eigenvalue weighted by Gasteiger charge is 2.35. The van der Waals surface area contributed by atoms with Crippen LogP contribution in [0.4, 0.5) is 0 Å². The van der Waals surface area contributed by atoms with Crippen molar-refractivity contribution < 1.29 is 0 Å². The van der Waals surface area contributed by atoms with Crippen molar-refractivity contribution in [2.45, 2.75) is 43.8 Å². The second-order valence-corrected chi connectivity index (χ2v) is 4.49. The quantitative estimate of drug-likeness (QED) is 0.574. The third kappa shape index (κ3) is 1.36. The molecule has 82 valence electrons. The summed E-state index contributed by atoms with van der Waals surface area (Å²) >= 11 is 0. The smallest absolute Gasteiger partial charge is 0.311 e. The molecular formula is C9H14N4O2. The summed E-state index contributed by atoms with van der Waals surface area (Å²) in [6.07, 6.45) is 4.10. The van der Waals surface area contributed by atoms with Gasteiger partial charge in [-0.15, -0.1) is 0 Å². The molecule has 2 fully saturated rings. The Labute approximate surface area is 85.7 Å². The Morgan fingerprint density at radius 1 is 1.00 bits per heavy atom. The van der Waals surface area contributed by atoms with Gasteiger partial charge in [0, 0.05) is 18.1 Å². The van der Waals surface area contributed by atoms with E-state index < -0.39 is 0 Å². The lowest BCUT2D eigenvalue weighted by molar-refractivity contribution is 0.289. The second kappa shape index (κ2) is 3.10. The van der Waals surface area contributed by atoms with Crippen LogP contribution in [0.25, 0.3) is 0 Å². The lowest BCUT2D eigenvalue weighted by atomic mass is 10.00. The molecule has 2 saturated heterocycles. The molecule has 1 aromatic heterocycles. The summed E-state index contributed by atoms with van der Waals surface area (Å²) in [6, 6.07) is 1.02. The first-order valence-electron chi connectivity index (χ1n) is 5.39. The summed E-state index contributed by atoms with van der Waals surface area (Å²) in [5.41, 5.74) is -0.627. The van der Waals surface area contributed by atoms with E-state index in [1.54, 1.807) is 0 Å². The Balaban J connectivity index is 1.95. The maximum Gasteiger partial charge on any atom is 0.344 e. The van der Waals surface area contributed by atoms with Crippen LogP contribution in [0.3, 0.4) is 0 Å². The summed E-state index contributed by atoms with van der Waals surface area (Å²) < 4.78 is 1.33. The van der Waals surface area contributed by atoms with Gasteiger partial charge in [0.15, 0.2) is 0 Å². The van der Waals surface area contributed by atoms with Crippen LogP contribution in [-0.4, -0.2) is 26.8 Å². The SMILES string of the molecule is O=c1[nH][nH]c(=O)n1C1CC2CCC(C1)N2. The van der Waals surface area contributed by atoms with Crippen molar-refractivity contribution in [3.05, 3.63) is 21.0 Å². The second-order valence-electron chi connectivity index (χ2n) is 4.49. The van der Waals surface area contributed by atoms with Crippen molar-refractivity contribution in [3.8, 4) is 0 Å². The van der Waals surface area contributed by atoms with E-state index in [1.165, 1.54) is 4.57 Å². The minimum Gasteiger partial charge on any atom is -0.311 e. The van der Waals surface area contributed by atoms with E-state index in [0.717, 1.165) is 25.7 Å². The van der Waals surface area contributed by atoms with Crippen molar-refractivity contribution in [2.75, 3.05) is 0 Å². The maximum absolute atomic E-state index is 11.4. The first-order chi connectivity index (χ1) is 7.24. The van der Waals surface area contributed by atoms with E-state index in [0.29, 0.717) is 12.1 Å². The van der Waals surface area contributed by atoms with E-state index in [4.69, 9.17) is 0 Å². The Morgan fingerprint density at radius 2 is 1.53 bits per heavy atom. The van der Waals surface area contributed by atoms with E-state index in [2.05, 4.69) is 15.5 Å². The molecule has 6 nitrogen and oxygen atoms in total. The average Bonchev–Trinajstić information content (AvgIpc) is 2.71. The number of nitrogens with one attached hydrogen (secondary N) is 3. The molecule has 0 radical (unpaired) electrons. The van der Waals surface area contributed by atoms with Gasteiger partial charge in [0.05, 0.1) is 0 Å². The summed E-state index contributed by atoms with van der Waals surface area (Å²) in [6.45, 7) is 0. The van der Waals surface area contributed by atoms with Crippen LogP contribution in [0.2, 0.25) is 0 Å². The number of nitrogens with zero attached hydrogens (tertiary/aromatic N) is 1. The molecule has 0 aliphatic carbocycles. The van der Waals surface area contributed by atoms with Crippen LogP contribution >= 0.6 is 0 Å². The van der Waals surface area contributed by atoms with E-state index in [9.17, 15) is 9.59 Å². The van der Waals surface area contributed by atoms with Crippen molar-refractivity contribution in [1.29, 1.82) is 0 Å². The molecule has 3 rings (SSSR count). The van der Waals surface area contributed by atoms with Crippen LogP contribution in [0.1, 0.15) is 31.7 Å². The average molecular weight is 210 g/mol. The molecule has 0 saturated carbocycles. The fraction of sp³-hybridized carbons (Fsp3) is 0.778. The van der Waals surface area contributed by atoms with E-state index in [1.807, 2.05) is 0 Å². The lowest BCUT2D eigenvalue weighted by Gasteiger charge is -2.28. The van der Waals surface area contributed by atoms with Gasteiger partial charge in [-0.3, -0.25) is 0 Å². The molecule has 3 heterocycles. The van der Waals surface area contributed by atoms with Gasteiger partial charge < -0.3 is 5.32 Å². The predicted octanol–water partition coefficient (Wildman–Crippen LogP) is -0.680. The summed E-state index contributed by atoms with van der Waals surface area (Å²) in [5.74, 6) is 0. The fourth-order valence-electron chi connectivity index (χ4n) is 2.89. The molecule has 2 unspecified atom stereocenters. The molecule has 2 aliphatic rings. The van der Waals surface area contributed by atoms with Crippen LogP contribution in [0, 0.1) is 0 Å². The molecule has 1 aromatic rings. The topological polar surface area (TPSA) is 82.7 Å². The van der Waals surface area contributed by atoms with Crippen LogP contribution in [-0.2, 0) is 0 Å². The molecule has 2 atom stereocenters. The van der Waals surface area contributed by atoms with Gasteiger partial charge in [-0.25, -0.2) is 24.4 Å². The van der Waals surface area contributed by atoms with Gasteiger partial charge in [-0.2, -0.15) is 0 Å². The molecule has 0 amide bonds. The number of hydrogen-bond donors (Lipinski definition) is 3. The third-order valence-electron chi connectivity index (χ3n) is 3.53. The van der Waals surface area contributed by atoms with Crippen LogP contribution < -0.4 is 16.7 Å². The Hall–Kier alpha value is -1.30. The third-order valence-corrected chi connectivity index (χ3v) is 3.53. The van der Waals surface area contributed by atoms with Crippen molar-refractivity contribution in [1.82, 2.24) is 20.1 Å². The summed E-state index contributed by atoms with van der Waals surface area (Å²) in [5, 5.41) is 8.15. The van der Waals surface area contributed by atoms with E-state index in [-0.39, 0.29) is 17.4 Å². The van der Waals surface area contributed by atoms with Gasteiger partial charge in [-0.05, 0) is 25.7 Å². The highest BCUT2D eigenvalue weighted by molar-refractivity contribution is 4.94. The number of H-pyrrole nitrogens is 2. The molecule has 0 aromatic carbocycles. The normalized spacial score (nSPS) is 34.5. The highest BCUT2D eigenvalue weighted by atomic mass is 16.2. The first kappa shape index (κ1) is 8.96. The molecular weight excluding hydrogens is 196 g/mol. The van der Waals surface area contributed by atoms with Gasteiger partial charge >= 0.3 is 11.4 Å². The lowest BCUT2D eigenvalue weighted by Crippen LogP contribution is -2.43. The summed E-state index contributed by atoms with van der Waals surface area (Å²) in [7, 11) is 0. The van der Waals surface area contributed by atoms with Gasteiger partial charge in [0.2, 0.25) is 0 Å². The van der Waals surface area contributed by atoms with E-state index >= 15 is 0 Å². The zero-order chi connectivity index (χ0) is 10.4. The van der Waals surface area contributed by atoms with Gasteiger partial charge in [-0.1, -0.05) is 0 Å². The molecule has 6 heteroatoms. The predicted molar refractivity (Wildman–Crippen MR) is 53.9 cm³/mol. The first-order valence-corrected chi connectivity index (χ1v) is 5.39. The molecule has 15 heavy (non-hydrogen) atoms. The Bertz CT molecular complexity index is 431. The molecule has 3 N–H and O–H groups in total. The van der Waals surface area contributed by atoms with Crippen LogP contribution in [0.5, 0.6) is 0 Å². The van der Waals surface area contributed by atoms with Crippen molar-refractivity contribution >= 4 is 0 Å². The number of fused-ring (bicyclic) bond motifs is 2. The number of rotatable bonds is 1. The van der Waals surface area contributed by atoms with Crippen molar-refractivity contribution in [2.24, 2.45) is 0 Å². The Kier molecular flexibility index (Phi) is 1.85. The minimum absolute atomic E-state index is 0.0613. The number of hydrogen-bond acceptors (Lipinski definition) is 3. The summed E-state index contributed by atoms with van der Waals surface area (Å²) in [4.78, 5) is 22.9. The zero-order valence-corrected chi connectivity index (χ0v) is 8.32. The standard InChI is InChI=1S/C9H14N4O2/c14-8-11-12-9(15)13(8)7-3-5-1-2-6(4-7)10-5/h5-7,10H,1-4H2,(H,11,14)(H,12,15). The number of piperidine rings is 1. The molecule has 0 spiro atoms. The van der Waals surface area contributed by atoms with Gasteiger partial charge in [0.1, 0.15) is 0 Å². The molecule has 2 aliphatic heterocycles. The Morgan fingerprint density at radius 3 is 2.07 bits per heavy atom. The fourth-order valence-corrected chi connectivity index (χ4v) is 2.89. The van der Waals surface area contributed by atoms with Crippen LogP contribution in [0.15, 0.2) is 9.59 Å². The molecule has 2 bridgehead atoms. The number of aromatic amines is 2. The monoisotopic (exact) mass is 210 g/mol. The van der Waals surface area contributed by atoms with Gasteiger partial charge in [0.25, 0.3) is 0 Å². The highest BCUT2D eigenvalue weighted by Crippen LogP contribution is 2.32. The zero-order valence-electron chi connectivity index (χ0n) is 8.32. The maximum atomic E-state index is 11.4. The number of aromatic nitrogens is 3.